The fourth-order valence-electron chi connectivity index (χ4n) is 2.69. The fraction of sp³-hybridized carbons (Fsp3) is 0.286. The fourth-order valence-corrected chi connectivity index (χ4v) is 2.69. The van der Waals surface area contributed by atoms with Crippen LogP contribution in [-0.4, -0.2) is 23.8 Å². The molecule has 0 fully saturated rings. The molecule has 1 atom stereocenters. The molecule has 2 rings (SSSR count). The smallest absolute Gasteiger partial charge is 0.252 e. The lowest BCUT2D eigenvalue weighted by molar-refractivity contribution is -0.119. The van der Waals surface area contributed by atoms with Crippen LogP contribution >= 0.6 is 0 Å². The van der Waals surface area contributed by atoms with Crippen molar-refractivity contribution in [1.29, 1.82) is 0 Å². The number of aryl methyl sites for hydroxylation is 1. The van der Waals surface area contributed by atoms with Crippen molar-refractivity contribution in [1.82, 2.24) is 5.32 Å². The number of hydrogen-bond donors (Lipinski definition) is 3. The van der Waals surface area contributed by atoms with E-state index in [4.69, 9.17) is 0 Å². The van der Waals surface area contributed by atoms with Gasteiger partial charge in [-0.05, 0) is 42.7 Å². The highest BCUT2D eigenvalue weighted by molar-refractivity contribution is 6.02. The van der Waals surface area contributed by atoms with Crippen molar-refractivity contribution in [3.8, 4) is 0 Å². The zero-order valence-corrected chi connectivity index (χ0v) is 16.3. The zero-order chi connectivity index (χ0) is 20.8. The molecule has 0 radical (unpaired) electrons. The van der Waals surface area contributed by atoms with Crippen molar-refractivity contribution >= 4 is 29.1 Å². The van der Waals surface area contributed by atoms with Crippen LogP contribution in [0.1, 0.15) is 36.7 Å². The van der Waals surface area contributed by atoms with E-state index < -0.39 is 17.8 Å². The molecule has 3 amide bonds. The van der Waals surface area contributed by atoms with Gasteiger partial charge in [-0.3, -0.25) is 14.4 Å². The molecule has 0 aliphatic heterocycles. The Kier molecular flexibility index (Phi) is 6.87. The minimum Gasteiger partial charge on any atom is -0.340 e. The summed E-state index contributed by atoms with van der Waals surface area (Å²) in [6, 6.07) is 10.1. The molecule has 0 saturated carbocycles. The van der Waals surface area contributed by atoms with Crippen molar-refractivity contribution in [2.24, 2.45) is 5.92 Å². The van der Waals surface area contributed by atoms with Gasteiger partial charge < -0.3 is 16.0 Å². The Morgan fingerprint density at radius 3 is 2.29 bits per heavy atom. The first kappa shape index (κ1) is 21.1. The highest BCUT2D eigenvalue weighted by atomic mass is 19.1. The van der Waals surface area contributed by atoms with Gasteiger partial charge in [-0.1, -0.05) is 32.0 Å². The molecule has 0 aliphatic carbocycles. The standard InChI is InChI=1S/C21H24FN3O3/c1-12(2)19(25-20(27)16-8-6-5-7-13(16)3)21(28)24-18-11-15(23-14(4)26)9-10-17(18)22/h5-12,19H,1-4H3,(H,23,26)(H,24,28)(H,25,27). The topological polar surface area (TPSA) is 87.3 Å². The highest BCUT2D eigenvalue weighted by Crippen LogP contribution is 2.20. The van der Waals surface area contributed by atoms with Crippen LogP contribution in [0, 0.1) is 18.7 Å². The van der Waals surface area contributed by atoms with Gasteiger partial charge in [0.1, 0.15) is 11.9 Å². The number of halogens is 1. The summed E-state index contributed by atoms with van der Waals surface area (Å²) in [5.74, 6) is -2.10. The van der Waals surface area contributed by atoms with Crippen LogP contribution in [0.3, 0.4) is 0 Å². The molecule has 1 unspecified atom stereocenters. The lowest BCUT2D eigenvalue weighted by Gasteiger charge is -2.22. The van der Waals surface area contributed by atoms with Gasteiger partial charge in [0.05, 0.1) is 5.69 Å². The number of amides is 3. The summed E-state index contributed by atoms with van der Waals surface area (Å²) in [5.41, 5.74) is 1.54. The normalized spacial score (nSPS) is 11.6. The SMILES string of the molecule is CC(=O)Nc1ccc(F)c(NC(=O)C(NC(=O)c2ccccc2C)C(C)C)c1. The lowest BCUT2D eigenvalue weighted by Crippen LogP contribution is -2.47. The molecule has 28 heavy (non-hydrogen) atoms. The number of carbonyl (C=O) groups excluding carboxylic acids is 3. The number of carbonyl (C=O) groups is 3. The maximum Gasteiger partial charge on any atom is 0.252 e. The minimum atomic E-state index is -0.865. The van der Waals surface area contributed by atoms with Crippen molar-refractivity contribution in [3.05, 3.63) is 59.4 Å². The molecule has 2 aromatic carbocycles. The van der Waals surface area contributed by atoms with Gasteiger partial charge >= 0.3 is 0 Å². The number of rotatable bonds is 6. The number of anilines is 2. The maximum atomic E-state index is 14.1. The van der Waals surface area contributed by atoms with E-state index in [1.54, 1.807) is 26.0 Å². The molecule has 3 N–H and O–H groups in total. The van der Waals surface area contributed by atoms with Crippen molar-refractivity contribution < 1.29 is 18.8 Å². The minimum absolute atomic E-state index is 0.0768. The van der Waals surface area contributed by atoms with E-state index in [1.165, 1.54) is 19.1 Å². The van der Waals surface area contributed by atoms with Gasteiger partial charge in [0, 0.05) is 18.2 Å². The van der Waals surface area contributed by atoms with Gasteiger partial charge in [-0.2, -0.15) is 0 Å². The van der Waals surface area contributed by atoms with E-state index in [-0.39, 0.29) is 23.4 Å². The molecule has 0 aliphatic rings. The third kappa shape index (κ3) is 5.39. The third-order valence-corrected chi connectivity index (χ3v) is 4.17. The van der Waals surface area contributed by atoms with Crippen molar-refractivity contribution in [3.63, 3.8) is 0 Å². The first-order valence-corrected chi connectivity index (χ1v) is 8.93. The summed E-state index contributed by atoms with van der Waals surface area (Å²) in [6.07, 6.45) is 0. The van der Waals surface area contributed by atoms with Crippen LogP contribution in [0.25, 0.3) is 0 Å². The van der Waals surface area contributed by atoms with Crippen LogP contribution in [-0.2, 0) is 9.59 Å². The number of hydrogen-bond acceptors (Lipinski definition) is 3. The first-order chi connectivity index (χ1) is 13.2. The quantitative estimate of drug-likeness (QED) is 0.711. The molecule has 148 valence electrons. The second-order valence-electron chi connectivity index (χ2n) is 6.88. The predicted octanol–water partition coefficient (Wildman–Crippen LogP) is 3.49. The van der Waals surface area contributed by atoms with E-state index in [1.807, 2.05) is 19.1 Å². The van der Waals surface area contributed by atoms with E-state index in [9.17, 15) is 18.8 Å². The molecular weight excluding hydrogens is 361 g/mol. The van der Waals surface area contributed by atoms with E-state index in [0.29, 0.717) is 11.3 Å². The second kappa shape index (κ2) is 9.12. The lowest BCUT2D eigenvalue weighted by atomic mass is 10.0. The molecule has 0 saturated heterocycles. The average Bonchev–Trinajstić information content (AvgIpc) is 2.61. The van der Waals surface area contributed by atoms with Gasteiger partial charge in [0.2, 0.25) is 11.8 Å². The Hall–Kier alpha value is -3.22. The largest absolute Gasteiger partial charge is 0.340 e. The Bertz CT molecular complexity index is 896. The number of benzene rings is 2. The molecule has 2 aromatic rings. The van der Waals surface area contributed by atoms with E-state index in [0.717, 1.165) is 11.6 Å². The maximum absolute atomic E-state index is 14.1. The van der Waals surface area contributed by atoms with Crippen molar-refractivity contribution in [2.75, 3.05) is 10.6 Å². The number of nitrogens with one attached hydrogen (secondary N) is 3. The molecule has 0 bridgehead atoms. The second-order valence-corrected chi connectivity index (χ2v) is 6.88. The summed E-state index contributed by atoms with van der Waals surface area (Å²) in [7, 11) is 0. The first-order valence-electron chi connectivity index (χ1n) is 8.93. The van der Waals surface area contributed by atoms with Crippen LogP contribution in [0.4, 0.5) is 15.8 Å². The van der Waals surface area contributed by atoms with Gasteiger partial charge in [0.25, 0.3) is 5.91 Å². The molecular formula is C21H24FN3O3. The summed E-state index contributed by atoms with van der Waals surface area (Å²) in [4.78, 5) is 36.5. The molecule has 6 nitrogen and oxygen atoms in total. The van der Waals surface area contributed by atoms with E-state index >= 15 is 0 Å². The summed E-state index contributed by atoms with van der Waals surface area (Å²) in [6.45, 7) is 6.71. The molecule has 0 aromatic heterocycles. The summed E-state index contributed by atoms with van der Waals surface area (Å²) in [5, 5.41) is 7.74. The van der Waals surface area contributed by atoms with Crippen molar-refractivity contribution in [2.45, 2.75) is 33.7 Å². The van der Waals surface area contributed by atoms with Crippen LogP contribution < -0.4 is 16.0 Å². The van der Waals surface area contributed by atoms with Gasteiger partial charge in [-0.15, -0.1) is 0 Å². The highest BCUT2D eigenvalue weighted by Gasteiger charge is 2.26. The summed E-state index contributed by atoms with van der Waals surface area (Å²) >= 11 is 0. The van der Waals surface area contributed by atoms with Gasteiger partial charge in [0.15, 0.2) is 0 Å². The van der Waals surface area contributed by atoms with Crippen LogP contribution in [0.5, 0.6) is 0 Å². The van der Waals surface area contributed by atoms with E-state index in [2.05, 4.69) is 16.0 Å². The summed E-state index contributed by atoms with van der Waals surface area (Å²) < 4.78 is 14.1. The molecule has 0 spiro atoms. The average molecular weight is 385 g/mol. The Balaban J connectivity index is 2.18. The van der Waals surface area contributed by atoms with Gasteiger partial charge in [-0.25, -0.2) is 4.39 Å². The zero-order valence-electron chi connectivity index (χ0n) is 16.3. The monoisotopic (exact) mass is 385 g/mol. The molecule has 0 heterocycles. The Morgan fingerprint density at radius 2 is 1.68 bits per heavy atom. The Morgan fingerprint density at radius 1 is 1.00 bits per heavy atom. The predicted molar refractivity (Wildman–Crippen MR) is 107 cm³/mol. The third-order valence-electron chi connectivity index (χ3n) is 4.17. The van der Waals surface area contributed by atoms with Crippen LogP contribution in [0.2, 0.25) is 0 Å². The molecule has 7 heteroatoms. The Labute approximate surface area is 163 Å². The van der Waals surface area contributed by atoms with Crippen LogP contribution in [0.15, 0.2) is 42.5 Å².